The van der Waals surface area contributed by atoms with Crippen LogP contribution >= 0.6 is 0 Å². The highest BCUT2D eigenvalue weighted by molar-refractivity contribution is 4.67. The zero-order valence-electron chi connectivity index (χ0n) is 5.12. The molecule has 0 unspecified atom stereocenters. The first-order valence-corrected chi connectivity index (χ1v) is 2.56. The molecule has 0 aliphatic heterocycles. The summed E-state index contributed by atoms with van der Waals surface area (Å²) in [6, 6.07) is 0. The molecule has 0 saturated heterocycles. The summed E-state index contributed by atoms with van der Waals surface area (Å²) in [6.07, 6.45) is 0. The molecule has 3 heteroatoms. The van der Waals surface area contributed by atoms with E-state index in [0.717, 1.165) is 6.92 Å². The minimum atomic E-state index is -2.62. The second-order valence-corrected chi connectivity index (χ2v) is 2.09. The van der Waals surface area contributed by atoms with Crippen molar-refractivity contribution in [3.63, 3.8) is 0 Å². The third-order valence-corrected chi connectivity index (χ3v) is 1.22. The molecule has 0 rings (SSSR count). The van der Waals surface area contributed by atoms with Gasteiger partial charge in [0.2, 0.25) is 5.92 Å². The molecule has 0 aromatic heterocycles. The van der Waals surface area contributed by atoms with Gasteiger partial charge in [0.05, 0.1) is 0 Å². The van der Waals surface area contributed by atoms with E-state index in [1.165, 1.54) is 6.92 Å². The van der Waals surface area contributed by atoms with Gasteiger partial charge in [-0.1, -0.05) is 6.92 Å². The van der Waals surface area contributed by atoms with E-state index in [0.29, 0.717) is 0 Å². The number of nitrogens with two attached hydrogens (primary N) is 1. The maximum Gasteiger partial charge on any atom is 0.249 e. The standard InChI is InChI=1S/C5H11F2N/c1-4(3-8)5(2,6)7/h4H,3,8H2,1-2H3/t4-/m0/s1. The first-order valence-electron chi connectivity index (χ1n) is 2.56. The minimum absolute atomic E-state index is 0.0451. The molecule has 0 heterocycles. The molecule has 1 atom stereocenters. The van der Waals surface area contributed by atoms with E-state index in [9.17, 15) is 8.78 Å². The van der Waals surface area contributed by atoms with E-state index in [1.807, 2.05) is 0 Å². The van der Waals surface area contributed by atoms with Crippen molar-refractivity contribution in [2.75, 3.05) is 6.54 Å². The Morgan fingerprint density at radius 3 is 2.00 bits per heavy atom. The molecule has 0 aliphatic rings. The van der Waals surface area contributed by atoms with Gasteiger partial charge >= 0.3 is 0 Å². The molecule has 0 amide bonds. The average Bonchev–Trinajstić information content (AvgIpc) is 1.62. The lowest BCUT2D eigenvalue weighted by atomic mass is 10.1. The third-order valence-electron chi connectivity index (χ3n) is 1.22. The van der Waals surface area contributed by atoms with Gasteiger partial charge in [0.1, 0.15) is 0 Å². The van der Waals surface area contributed by atoms with Crippen LogP contribution in [-0.4, -0.2) is 12.5 Å². The fourth-order valence-electron chi connectivity index (χ4n) is 0.207. The van der Waals surface area contributed by atoms with Crippen LogP contribution in [0.5, 0.6) is 0 Å². The van der Waals surface area contributed by atoms with Crippen LogP contribution in [0.1, 0.15) is 13.8 Å². The number of hydrogen-bond donors (Lipinski definition) is 1. The number of hydrogen-bond acceptors (Lipinski definition) is 1. The third kappa shape index (κ3) is 2.21. The van der Waals surface area contributed by atoms with Crippen molar-refractivity contribution in [3.8, 4) is 0 Å². The van der Waals surface area contributed by atoms with E-state index in [2.05, 4.69) is 0 Å². The lowest BCUT2D eigenvalue weighted by molar-refractivity contribution is -0.0286. The van der Waals surface area contributed by atoms with Gasteiger partial charge in [-0.25, -0.2) is 8.78 Å². The van der Waals surface area contributed by atoms with Gasteiger partial charge in [-0.2, -0.15) is 0 Å². The van der Waals surface area contributed by atoms with Crippen molar-refractivity contribution in [1.29, 1.82) is 0 Å². The van der Waals surface area contributed by atoms with Crippen molar-refractivity contribution in [2.45, 2.75) is 19.8 Å². The molecule has 0 fully saturated rings. The summed E-state index contributed by atoms with van der Waals surface area (Å²) in [5.74, 6) is -3.32. The summed E-state index contributed by atoms with van der Waals surface area (Å²) in [5.41, 5.74) is 4.98. The highest BCUT2D eigenvalue weighted by atomic mass is 19.3. The normalized spacial score (nSPS) is 16.1. The van der Waals surface area contributed by atoms with Gasteiger partial charge in [0, 0.05) is 12.5 Å². The topological polar surface area (TPSA) is 26.0 Å². The summed E-state index contributed by atoms with van der Waals surface area (Å²) in [4.78, 5) is 0. The fraction of sp³-hybridized carbons (Fsp3) is 1.00. The first-order chi connectivity index (χ1) is 3.48. The van der Waals surface area contributed by atoms with Gasteiger partial charge in [0.15, 0.2) is 0 Å². The Hall–Kier alpha value is -0.180. The van der Waals surface area contributed by atoms with Crippen molar-refractivity contribution in [3.05, 3.63) is 0 Å². The maximum absolute atomic E-state index is 12.0. The molecule has 0 aromatic rings. The Bertz CT molecular complexity index is 67.3. The number of alkyl halides is 2. The highest BCUT2D eigenvalue weighted by Crippen LogP contribution is 2.21. The van der Waals surface area contributed by atoms with Crippen LogP contribution in [0, 0.1) is 5.92 Å². The van der Waals surface area contributed by atoms with Crippen molar-refractivity contribution < 1.29 is 8.78 Å². The molecule has 8 heavy (non-hydrogen) atoms. The minimum Gasteiger partial charge on any atom is -0.330 e. The monoisotopic (exact) mass is 123 g/mol. The lowest BCUT2D eigenvalue weighted by Gasteiger charge is -2.16. The molecular formula is C5H11F2N. The maximum atomic E-state index is 12.0. The predicted molar refractivity (Wildman–Crippen MR) is 28.8 cm³/mol. The van der Waals surface area contributed by atoms with Crippen LogP contribution in [0.2, 0.25) is 0 Å². The summed E-state index contributed by atoms with van der Waals surface area (Å²) in [6.45, 7) is 2.36. The Kier molecular flexibility index (Phi) is 2.34. The molecule has 0 bridgehead atoms. The largest absolute Gasteiger partial charge is 0.330 e. The first kappa shape index (κ1) is 7.82. The second kappa shape index (κ2) is 2.40. The number of rotatable bonds is 2. The van der Waals surface area contributed by atoms with E-state index < -0.39 is 11.8 Å². The van der Waals surface area contributed by atoms with Crippen molar-refractivity contribution in [1.82, 2.24) is 0 Å². The zero-order valence-corrected chi connectivity index (χ0v) is 5.12. The summed E-state index contributed by atoms with van der Waals surface area (Å²) in [7, 11) is 0. The van der Waals surface area contributed by atoms with Crippen molar-refractivity contribution >= 4 is 0 Å². The van der Waals surface area contributed by atoms with E-state index >= 15 is 0 Å². The quantitative estimate of drug-likeness (QED) is 0.587. The molecule has 50 valence electrons. The molecular weight excluding hydrogens is 112 g/mol. The van der Waals surface area contributed by atoms with Crippen LogP contribution in [0.25, 0.3) is 0 Å². The average molecular weight is 123 g/mol. The molecule has 2 N–H and O–H groups in total. The van der Waals surface area contributed by atoms with E-state index in [-0.39, 0.29) is 6.54 Å². The Morgan fingerprint density at radius 2 is 2.00 bits per heavy atom. The van der Waals surface area contributed by atoms with Gasteiger partial charge in [-0.3, -0.25) is 0 Å². The lowest BCUT2D eigenvalue weighted by Crippen LogP contribution is -2.28. The van der Waals surface area contributed by atoms with E-state index in [4.69, 9.17) is 5.73 Å². The van der Waals surface area contributed by atoms with E-state index in [1.54, 1.807) is 0 Å². The van der Waals surface area contributed by atoms with Crippen LogP contribution in [0.3, 0.4) is 0 Å². The Labute approximate surface area is 47.9 Å². The van der Waals surface area contributed by atoms with Crippen LogP contribution in [0.4, 0.5) is 8.78 Å². The molecule has 1 nitrogen and oxygen atoms in total. The second-order valence-electron chi connectivity index (χ2n) is 2.09. The van der Waals surface area contributed by atoms with Gasteiger partial charge < -0.3 is 5.73 Å². The van der Waals surface area contributed by atoms with Gasteiger partial charge in [0.25, 0.3) is 0 Å². The molecule has 0 saturated carbocycles. The Morgan fingerprint density at radius 1 is 1.62 bits per heavy atom. The fourth-order valence-corrected chi connectivity index (χ4v) is 0.207. The van der Waals surface area contributed by atoms with Crippen LogP contribution in [-0.2, 0) is 0 Å². The number of halogens is 2. The van der Waals surface area contributed by atoms with Crippen LogP contribution in [0.15, 0.2) is 0 Å². The molecule has 0 spiro atoms. The predicted octanol–water partition coefficient (Wildman–Crippen LogP) is 1.24. The summed E-state index contributed by atoms with van der Waals surface area (Å²) < 4.78 is 24.1. The summed E-state index contributed by atoms with van der Waals surface area (Å²) in [5, 5.41) is 0. The van der Waals surface area contributed by atoms with Crippen molar-refractivity contribution in [2.24, 2.45) is 11.7 Å². The molecule has 0 radical (unpaired) electrons. The van der Waals surface area contributed by atoms with Gasteiger partial charge in [-0.05, 0) is 6.92 Å². The summed E-state index contributed by atoms with van der Waals surface area (Å²) >= 11 is 0. The smallest absolute Gasteiger partial charge is 0.249 e. The highest BCUT2D eigenvalue weighted by Gasteiger charge is 2.28. The SMILES string of the molecule is C[C@@H](CN)C(C)(F)F. The molecule has 0 aromatic carbocycles. The Balaban J connectivity index is 3.62. The van der Waals surface area contributed by atoms with Crippen LogP contribution < -0.4 is 5.73 Å². The zero-order chi connectivity index (χ0) is 6.78. The molecule has 0 aliphatic carbocycles. The van der Waals surface area contributed by atoms with Gasteiger partial charge in [-0.15, -0.1) is 0 Å².